The summed E-state index contributed by atoms with van der Waals surface area (Å²) in [6.45, 7) is 1.11. The maximum Gasteiger partial charge on any atom is 0.299 e. The van der Waals surface area contributed by atoms with Crippen LogP contribution in [0.2, 0.25) is 0 Å². The number of carbonyl (C=O) groups excluding carboxylic acids is 1. The lowest BCUT2D eigenvalue weighted by atomic mass is 10.2. The van der Waals surface area contributed by atoms with Gasteiger partial charge in [-0.2, -0.15) is 0 Å². The number of amides is 1. The number of rotatable bonds is 1. The molecule has 2 aromatic rings. The van der Waals surface area contributed by atoms with Gasteiger partial charge in [0.2, 0.25) is 5.95 Å². The standard InChI is InChI=1S/C17H16N4O2/c22-15(8-7-14-5-2-1-3-6-14)20-11-12-21(16(23)13-20)17-18-9-4-10-19-17/h1-6,9-10,16,23H,11-13H2. The number of aliphatic hydroxyl groups excluding tert-OH is 1. The first-order valence-corrected chi connectivity index (χ1v) is 7.32. The minimum absolute atomic E-state index is 0.181. The molecule has 1 aliphatic rings. The van der Waals surface area contributed by atoms with Crippen molar-refractivity contribution in [1.29, 1.82) is 0 Å². The van der Waals surface area contributed by atoms with Gasteiger partial charge in [-0.15, -0.1) is 0 Å². The third-order valence-corrected chi connectivity index (χ3v) is 3.54. The van der Waals surface area contributed by atoms with Gasteiger partial charge < -0.3 is 14.9 Å². The quantitative estimate of drug-likeness (QED) is 0.777. The Morgan fingerprint density at radius 2 is 1.87 bits per heavy atom. The van der Waals surface area contributed by atoms with Gasteiger partial charge >= 0.3 is 0 Å². The van der Waals surface area contributed by atoms with E-state index >= 15 is 0 Å². The van der Waals surface area contributed by atoms with Crippen LogP contribution in [0.4, 0.5) is 5.95 Å². The fraction of sp³-hybridized carbons (Fsp3) is 0.235. The molecule has 1 aromatic carbocycles. The Morgan fingerprint density at radius 3 is 2.57 bits per heavy atom. The van der Waals surface area contributed by atoms with E-state index in [0.29, 0.717) is 19.0 Å². The molecule has 1 unspecified atom stereocenters. The molecule has 6 nitrogen and oxygen atoms in total. The molecule has 1 aliphatic heterocycles. The summed E-state index contributed by atoms with van der Waals surface area (Å²) in [5.74, 6) is 5.63. The summed E-state index contributed by atoms with van der Waals surface area (Å²) < 4.78 is 0. The van der Waals surface area contributed by atoms with Crippen molar-refractivity contribution in [1.82, 2.24) is 14.9 Å². The van der Waals surface area contributed by atoms with Gasteiger partial charge in [-0.25, -0.2) is 9.97 Å². The molecule has 0 aliphatic carbocycles. The van der Waals surface area contributed by atoms with E-state index < -0.39 is 6.23 Å². The summed E-state index contributed by atoms with van der Waals surface area (Å²) in [4.78, 5) is 23.6. The predicted molar refractivity (Wildman–Crippen MR) is 85.3 cm³/mol. The predicted octanol–water partition coefficient (Wildman–Crippen LogP) is 0.495. The topological polar surface area (TPSA) is 69.6 Å². The molecule has 6 heteroatoms. The van der Waals surface area contributed by atoms with Crippen molar-refractivity contribution < 1.29 is 9.90 Å². The summed E-state index contributed by atoms with van der Waals surface area (Å²) in [5, 5.41) is 10.2. The molecule has 1 saturated heterocycles. The van der Waals surface area contributed by atoms with E-state index in [4.69, 9.17) is 0 Å². The molecular formula is C17H16N4O2. The molecule has 0 saturated carbocycles. The molecule has 1 N–H and O–H groups in total. The number of aliphatic hydroxyl groups is 1. The Morgan fingerprint density at radius 1 is 1.13 bits per heavy atom. The first-order chi connectivity index (χ1) is 11.2. The number of nitrogens with zero attached hydrogens (tertiary/aromatic N) is 4. The molecule has 0 bridgehead atoms. The van der Waals surface area contributed by atoms with Crippen LogP contribution in [0, 0.1) is 11.8 Å². The molecule has 1 amide bonds. The van der Waals surface area contributed by atoms with Crippen LogP contribution in [-0.4, -0.2) is 51.7 Å². The van der Waals surface area contributed by atoms with Crippen molar-refractivity contribution in [3.8, 4) is 11.8 Å². The summed E-state index contributed by atoms with van der Waals surface area (Å²) in [6, 6.07) is 11.1. The lowest BCUT2D eigenvalue weighted by molar-refractivity contribution is -0.127. The summed E-state index contributed by atoms with van der Waals surface area (Å²) >= 11 is 0. The van der Waals surface area contributed by atoms with Crippen LogP contribution in [0.1, 0.15) is 5.56 Å². The highest BCUT2D eigenvalue weighted by molar-refractivity contribution is 5.94. The van der Waals surface area contributed by atoms with Gasteiger partial charge in [0.05, 0.1) is 6.54 Å². The maximum atomic E-state index is 12.2. The van der Waals surface area contributed by atoms with Gasteiger partial charge in [0.15, 0.2) is 0 Å². The van der Waals surface area contributed by atoms with E-state index in [1.54, 1.807) is 28.3 Å². The first-order valence-electron chi connectivity index (χ1n) is 7.32. The van der Waals surface area contributed by atoms with E-state index in [-0.39, 0.29) is 12.5 Å². The number of hydrogen-bond acceptors (Lipinski definition) is 5. The Kier molecular flexibility index (Phi) is 4.50. The van der Waals surface area contributed by atoms with Gasteiger partial charge in [0.1, 0.15) is 6.23 Å². The third-order valence-electron chi connectivity index (χ3n) is 3.54. The number of benzene rings is 1. The number of carbonyl (C=O) groups is 1. The number of anilines is 1. The van der Waals surface area contributed by atoms with Gasteiger partial charge in [-0.3, -0.25) is 4.79 Å². The van der Waals surface area contributed by atoms with Gasteiger partial charge in [0.25, 0.3) is 5.91 Å². The maximum absolute atomic E-state index is 12.2. The van der Waals surface area contributed by atoms with Crippen molar-refractivity contribution >= 4 is 11.9 Å². The van der Waals surface area contributed by atoms with Gasteiger partial charge in [-0.1, -0.05) is 24.1 Å². The molecule has 0 spiro atoms. The Labute approximate surface area is 134 Å². The van der Waals surface area contributed by atoms with Crippen LogP contribution in [0.15, 0.2) is 48.8 Å². The van der Waals surface area contributed by atoms with Crippen molar-refractivity contribution in [2.45, 2.75) is 6.23 Å². The monoisotopic (exact) mass is 308 g/mol. The minimum Gasteiger partial charge on any atom is -0.372 e. The van der Waals surface area contributed by atoms with E-state index in [2.05, 4.69) is 21.8 Å². The van der Waals surface area contributed by atoms with Crippen LogP contribution < -0.4 is 4.90 Å². The molecule has 3 rings (SSSR count). The Hall–Kier alpha value is -2.91. The average molecular weight is 308 g/mol. The molecular weight excluding hydrogens is 292 g/mol. The van der Waals surface area contributed by atoms with Crippen molar-refractivity contribution in [2.24, 2.45) is 0 Å². The fourth-order valence-electron chi connectivity index (χ4n) is 2.35. The first kappa shape index (κ1) is 15.0. The van der Waals surface area contributed by atoms with Gasteiger partial charge in [0, 0.05) is 37.0 Å². The highest BCUT2D eigenvalue weighted by Gasteiger charge is 2.28. The number of hydrogen-bond donors (Lipinski definition) is 1. The number of β-amino-alcohol motifs (C(OH)–C–C–N with tert-alkyl or cyclic N) is 1. The lowest BCUT2D eigenvalue weighted by Gasteiger charge is -2.37. The summed E-state index contributed by atoms with van der Waals surface area (Å²) in [7, 11) is 0. The van der Waals surface area contributed by atoms with E-state index in [0.717, 1.165) is 5.56 Å². The van der Waals surface area contributed by atoms with E-state index in [1.165, 1.54) is 0 Å². The fourth-order valence-corrected chi connectivity index (χ4v) is 2.35. The molecule has 23 heavy (non-hydrogen) atoms. The zero-order valence-electron chi connectivity index (χ0n) is 12.5. The van der Waals surface area contributed by atoms with Crippen LogP contribution in [0.3, 0.4) is 0 Å². The highest BCUT2D eigenvalue weighted by atomic mass is 16.3. The third kappa shape index (κ3) is 3.65. The smallest absolute Gasteiger partial charge is 0.299 e. The minimum atomic E-state index is -0.839. The zero-order chi connectivity index (χ0) is 16.1. The Balaban J connectivity index is 1.64. The normalized spacial score (nSPS) is 17.3. The van der Waals surface area contributed by atoms with E-state index in [9.17, 15) is 9.90 Å². The van der Waals surface area contributed by atoms with Crippen LogP contribution in [-0.2, 0) is 4.79 Å². The second-order valence-corrected chi connectivity index (χ2v) is 5.09. The van der Waals surface area contributed by atoms with Crippen molar-refractivity contribution in [2.75, 3.05) is 24.5 Å². The van der Waals surface area contributed by atoms with Crippen LogP contribution >= 0.6 is 0 Å². The highest BCUT2D eigenvalue weighted by Crippen LogP contribution is 2.14. The molecule has 0 radical (unpaired) electrons. The summed E-state index contributed by atoms with van der Waals surface area (Å²) in [6.07, 6.45) is 2.41. The van der Waals surface area contributed by atoms with Crippen molar-refractivity contribution in [3.63, 3.8) is 0 Å². The molecule has 1 atom stereocenters. The second kappa shape index (κ2) is 6.90. The summed E-state index contributed by atoms with van der Waals surface area (Å²) in [5.41, 5.74) is 0.790. The van der Waals surface area contributed by atoms with Crippen molar-refractivity contribution in [3.05, 3.63) is 54.4 Å². The number of piperazine rings is 1. The molecule has 1 aromatic heterocycles. The van der Waals surface area contributed by atoms with Crippen LogP contribution in [0.5, 0.6) is 0 Å². The van der Waals surface area contributed by atoms with Gasteiger partial charge in [-0.05, 0) is 18.2 Å². The lowest BCUT2D eigenvalue weighted by Crippen LogP contribution is -2.55. The zero-order valence-corrected chi connectivity index (χ0v) is 12.5. The molecule has 2 heterocycles. The average Bonchev–Trinajstić information content (AvgIpc) is 2.61. The largest absolute Gasteiger partial charge is 0.372 e. The number of aromatic nitrogens is 2. The van der Waals surface area contributed by atoms with Crippen LogP contribution in [0.25, 0.3) is 0 Å². The SMILES string of the molecule is O=C(C#Cc1ccccc1)N1CCN(c2ncccn2)C(O)C1. The molecule has 116 valence electrons. The molecule has 1 fully saturated rings. The van der Waals surface area contributed by atoms with E-state index in [1.807, 2.05) is 30.3 Å². The second-order valence-electron chi connectivity index (χ2n) is 5.09. The Bertz CT molecular complexity index is 725.